The summed E-state index contributed by atoms with van der Waals surface area (Å²) >= 11 is 0. The van der Waals surface area contributed by atoms with Crippen molar-refractivity contribution in [1.29, 1.82) is 0 Å². The zero-order valence-electron chi connectivity index (χ0n) is 16.3. The summed E-state index contributed by atoms with van der Waals surface area (Å²) < 4.78 is 11.6. The predicted octanol–water partition coefficient (Wildman–Crippen LogP) is 3.65. The minimum absolute atomic E-state index is 0.0151. The molecule has 2 heterocycles. The van der Waals surface area contributed by atoms with E-state index in [4.69, 9.17) is 9.47 Å². The number of carbonyl (C=O) groups is 1. The van der Waals surface area contributed by atoms with Crippen LogP contribution in [0.2, 0.25) is 0 Å². The van der Waals surface area contributed by atoms with Gasteiger partial charge in [-0.15, -0.1) is 0 Å². The van der Waals surface area contributed by atoms with Gasteiger partial charge in [-0.3, -0.25) is 9.78 Å². The highest BCUT2D eigenvalue weighted by atomic mass is 16.5. The van der Waals surface area contributed by atoms with Gasteiger partial charge in [-0.25, -0.2) is 0 Å². The number of hydrogen-bond acceptors (Lipinski definition) is 4. The Balaban J connectivity index is 1.49. The molecule has 1 aliphatic heterocycles. The van der Waals surface area contributed by atoms with Crippen molar-refractivity contribution in [1.82, 2.24) is 10.3 Å². The molecule has 1 aromatic heterocycles. The van der Waals surface area contributed by atoms with Crippen LogP contribution >= 0.6 is 0 Å². The Labute approximate surface area is 161 Å². The van der Waals surface area contributed by atoms with Crippen LogP contribution in [-0.4, -0.2) is 30.6 Å². The lowest BCUT2D eigenvalue weighted by molar-refractivity contribution is -0.126. The molecular formula is C22H28N2O3. The number of hydrogen-bond donors (Lipinski definition) is 1. The van der Waals surface area contributed by atoms with Crippen LogP contribution in [0.15, 0.2) is 48.8 Å². The third kappa shape index (κ3) is 5.07. The normalized spacial score (nSPS) is 19.7. The maximum atomic E-state index is 12.6. The molecule has 1 aliphatic rings. The number of carbonyl (C=O) groups excluding carboxylic acids is 1. The summed E-state index contributed by atoms with van der Waals surface area (Å²) in [5.74, 6) is 0.675. The lowest BCUT2D eigenvalue weighted by Gasteiger charge is -2.20. The van der Waals surface area contributed by atoms with Gasteiger partial charge in [0.05, 0.1) is 18.6 Å². The number of aromatic nitrogens is 1. The average molecular weight is 368 g/mol. The first kappa shape index (κ1) is 19.4. The van der Waals surface area contributed by atoms with E-state index in [-0.39, 0.29) is 23.3 Å². The highest BCUT2D eigenvalue weighted by molar-refractivity contribution is 5.79. The van der Waals surface area contributed by atoms with Crippen molar-refractivity contribution >= 4 is 5.91 Å². The lowest BCUT2D eigenvalue weighted by atomic mass is 9.87. The van der Waals surface area contributed by atoms with Gasteiger partial charge in [0.2, 0.25) is 5.91 Å². The second-order valence-corrected chi connectivity index (χ2v) is 7.88. The lowest BCUT2D eigenvalue weighted by Crippen LogP contribution is -2.35. The number of ether oxygens (including phenoxy) is 2. The first-order valence-electron chi connectivity index (χ1n) is 9.48. The molecule has 27 heavy (non-hydrogen) atoms. The van der Waals surface area contributed by atoms with Gasteiger partial charge in [0.1, 0.15) is 12.4 Å². The van der Waals surface area contributed by atoms with E-state index in [1.165, 1.54) is 5.56 Å². The molecule has 2 atom stereocenters. The van der Waals surface area contributed by atoms with E-state index in [0.717, 1.165) is 17.7 Å². The summed E-state index contributed by atoms with van der Waals surface area (Å²) in [6.45, 7) is 8.03. The van der Waals surface area contributed by atoms with Crippen LogP contribution in [0.4, 0.5) is 0 Å². The van der Waals surface area contributed by atoms with Gasteiger partial charge < -0.3 is 14.8 Å². The largest absolute Gasteiger partial charge is 0.492 e. The van der Waals surface area contributed by atoms with Crippen LogP contribution in [0.1, 0.15) is 44.4 Å². The predicted molar refractivity (Wildman–Crippen MR) is 105 cm³/mol. The second-order valence-electron chi connectivity index (χ2n) is 7.88. The maximum Gasteiger partial charge on any atom is 0.226 e. The Bertz CT molecular complexity index is 756. The molecular weight excluding hydrogens is 340 g/mol. The van der Waals surface area contributed by atoms with Gasteiger partial charge in [0.25, 0.3) is 0 Å². The molecule has 1 N–H and O–H groups in total. The fourth-order valence-corrected chi connectivity index (χ4v) is 3.27. The minimum atomic E-state index is -0.197. The van der Waals surface area contributed by atoms with Crippen LogP contribution in [0.5, 0.6) is 5.75 Å². The molecule has 2 aromatic rings. The van der Waals surface area contributed by atoms with Crippen molar-refractivity contribution in [3.05, 3.63) is 59.9 Å². The summed E-state index contributed by atoms with van der Waals surface area (Å²) in [6.07, 6.45) is 3.99. The molecule has 1 fully saturated rings. The zero-order valence-corrected chi connectivity index (χ0v) is 16.3. The SMILES string of the molecule is CC(C)(C)c1cccc(OCCNC(=O)[C@@H]2CCO[C@H]2c2ccncc2)c1. The van der Waals surface area contributed by atoms with Crippen LogP contribution in [0.25, 0.3) is 0 Å². The molecule has 0 aliphatic carbocycles. The fraction of sp³-hybridized carbons (Fsp3) is 0.455. The van der Waals surface area contributed by atoms with Crippen LogP contribution in [0, 0.1) is 5.92 Å². The van der Waals surface area contributed by atoms with E-state index >= 15 is 0 Å². The summed E-state index contributed by atoms with van der Waals surface area (Å²) in [6, 6.07) is 11.9. The molecule has 0 unspecified atom stereocenters. The van der Waals surface area contributed by atoms with Gasteiger partial charge in [-0.05, 0) is 47.2 Å². The van der Waals surface area contributed by atoms with Crippen LogP contribution in [0.3, 0.4) is 0 Å². The van der Waals surface area contributed by atoms with E-state index in [2.05, 4.69) is 43.2 Å². The first-order valence-corrected chi connectivity index (χ1v) is 9.48. The number of pyridine rings is 1. The number of nitrogens with one attached hydrogen (secondary N) is 1. The number of benzene rings is 1. The Morgan fingerprint density at radius 1 is 1.26 bits per heavy atom. The number of amides is 1. The molecule has 144 valence electrons. The highest BCUT2D eigenvalue weighted by Gasteiger charge is 2.34. The van der Waals surface area contributed by atoms with Crippen LogP contribution in [-0.2, 0) is 14.9 Å². The molecule has 5 heteroatoms. The van der Waals surface area contributed by atoms with Crippen LogP contribution < -0.4 is 10.1 Å². The maximum absolute atomic E-state index is 12.6. The second kappa shape index (κ2) is 8.53. The van der Waals surface area contributed by atoms with Gasteiger partial charge in [0, 0.05) is 19.0 Å². The van der Waals surface area contributed by atoms with E-state index < -0.39 is 0 Å². The monoisotopic (exact) mass is 368 g/mol. The highest BCUT2D eigenvalue weighted by Crippen LogP contribution is 2.34. The molecule has 0 saturated carbocycles. The molecule has 0 bridgehead atoms. The van der Waals surface area contributed by atoms with E-state index in [0.29, 0.717) is 19.8 Å². The Kier molecular flexibility index (Phi) is 6.11. The molecule has 3 rings (SSSR count). The van der Waals surface area contributed by atoms with Gasteiger partial charge in [-0.2, -0.15) is 0 Å². The standard InChI is InChI=1S/C22H28N2O3/c1-22(2,3)17-5-4-6-18(15-17)26-14-12-24-21(25)19-9-13-27-20(19)16-7-10-23-11-8-16/h4-8,10-11,15,19-20H,9,12-14H2,1-3H3,(H,24,25)/t19-,20+/m1/s1. The Morgan fingerprint density at radius 3 is 2.78 bits per heavy atom. The molecule has 1 aromatic carbocycles. The zero-order chi connectivity index (χ0) is 19.3. The van der Waals surface area contributed by atoms with Crippen molar-refractivity contribution in [2.24, 2.45) is 5.92 Å². The molecule has 0 spiro atoms. The van der Waals surface area contributed by atoms with Gasteiger partial charge in [0.15, 0.2) is 0 Å². The summed E-state index contributed by atoms with van der Waals surface area (Å²) in [7, 11) is 0. The van der Waals surface area contributed by atoms with Crippen molar-refractivity contribution in [2.75, 3.05) is 19.8 Å². The van der Waals surface area contributed by atoms with E-state index in [1.807, 2.05) is 24.3 Å². The molecule has 1 saturated heterocycles. The number of nitrogens with zero attached hydrogens (tertiary/aromatic N) is 1. The summed E-state index contributed by atoms with van der Waals surface area (Å²) in [5.41, 5.74) is 2.31. The first-order chi connectivity index (χ1) is 12.9. The van der Waals surface area contributed by atoms with Gasteiger partial charge in [-0.1, -0.05) is 32.9 Å². The smallest absolute Gasteiger partial charge is 0.226 e. The van der Waals surface area contributed by atoms with E-state index in [9.17, 15) is 4.79 Å². The van der Waals surface area contributed by atoms with Crippen molar-refractivity contribution in [2.45, 2.75) is 38.7 Å². The third-order valence-electron chi connectivity index (χ3n) is 4.83. The summed E-state index contributed by atoms with van der Waals surface area (Å²) in [4.78, 5) is 16.6. The van der Waals surface area contributed by atoms with Crippen molar-refractivity contribution < 1.29 is 14.3 Å². The third-order valence-corrected chi connectivity index (χ3v) is 4.83. The molecule has 0 radical (unpaired) electrons. The Morgan fingerprint density at radius 2 is 2.04 bits per heavy atom. The minimum Gasteiger partial charge on any atom is -0.492 e. The topological polar surface area (TPSA) is 60.5 Å². The van der Waals surface area contributed by atoms with Gasteiger partial charge >= 0.3 is 0 Å². The molecule has 1 amide bonds. The average Bonchev–Trinajstić information content (AvgIpc) is 3.15. The van der Waals surface area contributed by atoms with E-state index in [1.54, 1.807) is 12.4 Å². The molecule has 5 nitrogen and oxygen atoms in total. The van der Waals surface area contributed by atoms with Crippen molar-refractivity contribution in [3.8, 4) is 5.75 Å². The number of rotatable bonds is 6. The quantitative estimate of drug-likeness (QED) is 0.791. The van der Waals surface area contributed by atoms with Crippen molar-refractivity contribution in [3.63, 3.8) is 0 Å². The summed E-state index contributed by atoms with van der Waals surface area (Å²) in [5, 5.41) is 2.98. The fourth-order valence-electron chi connectivity index (χ4n) is 3.27. The Hall–Kier alpha value is -2.40.